The molecule has 1 aromatic rings. The third-order valence-corrected chi connectivity index (χ3v) is 3.88. The van der Waals surface area contributed by atoms with Gasteiger partial charge in [-0.15, -0.1) is 0 Å². The van der Waals surface area contributed by atoms with Crippen molar-refractivity contribution in [1.82, 2.24) is 15.3 Å². The maximum Gasteiger partial charge on any atom is 0.115 e. The lowest BCUT2D eigenvalue weighted by Crippen LogP contribution is -2.28. The molecule has 0 atom stereocenters. The van der Waals surface area contributed by atoms with Crippen LogP contribution in [0, 0.1) is 0 Å². The normalized spacial score (nSPS) is 21.8. The van der Waals surface area contributed by atoms with E-state index in [0.29, 0.717) is 5.92 Å². The number of rotatable bonds is 1. The Labute approximate surface area is 96.7 Å². The van der Waals surface area contributed by atoms with Gasteiger partial charge < -0.3 is 5.32 Å². The molecule has 3 rings (SSSR count). The number of aryl methyl sites for hydroxylation is 1. The number of hydrogen-bond donors (Lipinski definition) is 1. The van der Waals surface area contributed by atoms with Crippen LogP contribution >= 0.6 is 0 Å². The van der Waals surface area contributed by atoms with Crippen LogP contribution in [-0.4, -0.2) is 23.1 Å². The molecular weight excluding hydrogens is 198 g/mol. The molecule has 2 aliphatic rings. The van der Waals surface area contributed by atoms with Crippen molar-refractivity contribution in [2.45, 2.75) is 44.4 Å². The SMILES string of the molecule is c1nc2c(c(C3CCNCC3)n1)CCCC2. The summed E-state index contributed by atoms with van der Waals surface area (Å²) in [6.07, 6.45) is 9.24. The molecule has 1 N–H and O–H groups in total. The third kappa shape index (κ3) is 1.84. The van der Waals surface area contributed by atoms with Crippen molar-refractivity contribution in [3.63, 3.8) is 0 Å². The molecular formula is C13H19N3. The van der Waals surface area contributed by atoms with Gasteiger partial charge in [-0.2, -0.15) is 0 Å². The van der Waals surface area contributed by atoms with Crippen LogP contribution in [-0.2, 0) is 12.8 Å². The topological polar surface area (TPSA) is 37.8 Å². The Bertz CT molecular complexity index is 369. The average Bonchev–Trinajstić information content (AvgIpc) is 2.39. The Balaban J connectivity index is 1.93. The molecule has 0 aromatic carbocycles. The van der Waals surface area contributed by atoms with Crippen molar-refractivity contribution in [3.05, 3.63) is 23.3 Å². The third-order valence-electron chi connectivity index (χ3n) is 3.88. The van der Waals surface area contributed by atoms with Gasteiger partial charge in [0.05, 0.1) is 5.69 Å². The van der Waals surface area contributed by atoms with E-state index in [0.717, 1.165) is 19.5 Å². The molecule has 0 radical (unpaired) electrons. The van der Waals surface area contributed by atoms with Crippen LogP contribution in [0.4, 0.5) is 0 Å². The van der Waals surface area contributed by atoms with Gasteiger partial charge in [-0.05, 0) is 57.2 Å². The summed E-state index contributed by atoms with van der Waals surface area (Å²) in [4.78, 5) is 9.02. The van der Waals surface area contributed by atoms with E-state index >= 15 is 0 Å². The van der Waals surface area contributed by atoms with E-state index in [-0.39, 0.29) is 0 Å². The minimum absolute atomic E-state index is 0.677. The molecule has 1 saturated heterocycles. The Morgan fingerprint density at radius 1 is 1.06 bits per heavy atom. The fourth-order valence-corrected chi connectivity index (χ4v) is 2.99. The number of aromatic nitrogens is 2. The fraction of sp³-hybridized carbons (Fsp3) is 0.692. The highest BCUT2D eigenvalue weighted by atomic mass is 14.9. The van der Waals surface area contributed by atoms with Crippen molar-refractivity contribution in [2.24, 2.45) is 0 Å². The van der Waals surface area contributed by atoms with Gasteiger partial charge in [0.1, 0.15) is 6.33 Å². The van der Waals surface area contributed by atoms with E-state index in [4.69, 9.17) is 0 Å². The predicted octanol–water partition coefficient (Wildman–Crippen LogP) is 1.82. The standard InChI is InChI=1S/C13H19N3/c1-2-4-12-11(3-1)13(16-9-15-12)10-5-7-14-8-6-10/h9-10,14H,1-8H2. The van der Waals surface area contributed by atoms with Crippen molar-refractivity contribution < 1.29 is 0 Å². The highest BCUT2D eigenvalue weighted by molar-refractivity contribution is 5.29. The van der Waals surface area contributed by atoms with Crippen LogP contribution in [0.5, 0.6) is 0 Å². The molecule has 16 heavy (non-hydrogen) atoms. The zero-order valence-corrected chi connectivity index (χ0v) is 9.71. The molecule has 3 nitrogen and oxygen atoms in total. The second-order valence-corrected chi connectivity index (χ2v) is 4.92. The summed E-state index contributed by atoms with van der Waals surface area (Å²) in [5.74, 6) is 0.677. The molecule has 86 valence electrons. The van der Waals surface area contributed by atoms with E-state index < -0.39 is 0 Å². The maximum atomic E-state index is 4.58. The van der Waals surface area contributed by atoms with E-state index in [2.05, 4.69) is 15.3 Å². The summed E-state index contributed by atoms with van der Waals surface area (Å²) >= 11 is 0. The van der Waals surface area contributed by atoms with Crippen molar-refractivity contribution in [2.75, 3.05) is 13.1 Å². The highest BCUT2D eigenvalue weighted by Crippen LogP contribution is 2.30. The molecule has 0 amide bonds. The first kappa shape index (κ1) is 10.2. The lowest BCUT2D eigenvalue weighted by atomic mass is 9.86. The van der Waals surface area contributed by atoms with Gasteiger partial charge in [-0.25, -0.2) is 9.97 Å². The average molecular weight is 217 g/mol. The molecule has 0 unspecified atom stereocenters. The fourth-order valence-electron chi connectivity index (χ4n) is 2.99. The summed E-state index contributed by atoms with van der Waals surface area (Å²) in [5, 5.41) is 3.42. The summed E-state index contributed by atoms with van der Waals surface area (Å²) in [6.45, 7) is 2.28. The van der Waals surface area contributed by atoms with Gasteiger partial charge >= 0.3 is 0 Å². The largest absolute Gasteiger partial charge is 0.317 e. The smallest absolute Gasteiger partial charge is 0.115 e. The number of fused-ring (bicyclic) bond motifs is 1. The van der Waals surface area contributed by atoms with E-state index in [1.54, 1.807) is 6.33 Å². The monoisotopic (exact) mass is 217 g/mol. The molecule has 0 spiro atoms. The number of nitrogens with one attached hydrogen (secondary N) is 1. The van der Waals surface area contributed by atoms with Crippen LogP contribution < -0.4 is 5.32 Å². The van der Waals surface area contributed by atoms with Crippen LogP contribution in [0.1, 0.15) is 48.6 Å². The van der Waals surface area contributed by atoms with Crippen molar-refractivity contribution in [3.8, 4) is 0 Å². The first-order valence-corrected chi connectivity index (χ1v) is 6.48. The van der Waals surface area contributed by atoms with Crippen molar-refractivity contribution >= 4 is 0 Å². The van der Waals surface area contributed by atoms with Crippen LogP contribution in [0.15, 0.2) is 6.33 Å². The zero-order valence-electron chi connectivity index (χ0n) is 9.71. The van der Waals surface area contributed by atoms with Gasteiger partial charge in [0.25, 0.3) is 0 Å². The molecule has 0 bridgehead atoms. The lowest BCUT2D eigenvalue weighted by Gasteiger charge is -2.26. The quantitative estimate of drug-likeness (QED) is 0.779. The summed E-state index contributed by atoms with van der Waals surface area (Å²) in [7, 11) is 0. The van der Waals surface area contributed by atoms with Gasteiger partial charge in [0.15, 0.2) is 0 Å². The van der Waals surface area contributed by atoms with Gasteiger partial charge in [-0.3, -0.25) is 0 Å². The Hall–Kier alpha value is -0.960. The molecule has 1 aromatic heterocycles. The minimum atomic E-state index is 0.677. The zero-order chi connectivity index (χ0) is 10.8. The number of nitrogens with zero attached hydrogens (tertiary/aromatic N) is 2. The van der Waals surface area contributed by atoms with E-state index in [1.165, 1.54) is 49.1 Å². The Kier molecular flexibility index (Phi) is 2.87. The molecule has 2 heterocycles. The number of piperidine rings is 1. The minimum Gasteiger partial charge on any atom is -0.317 e. The Morgan fingerprint density at radius 3 is 2.75 bits per heavy atom. The molecule has 1 aliphatic heterocycles. The molecule has 0 saturated carbocycles. The molecule has 1 fully saturated rings. The predicted molar refractivity (Wildman–Crippen MR) is 63.5 cm³/mol. The summed E-state index contributed by atoms with van der Waals surface area (Å²) in [5.41, 5.74) is 4.18. The van der Waals surface area contributed by atoms with Gasteiger partial charge in [0, 0.05) is 11.6 Å². The Morgan fingerprint density at radius 2 is 1.88 bits per heavy atom. The number of hydrogen-bond acceptors (Lipinski definition) is 3. The second kappa shape index (κ2) is 4.50. The van der Waals surface area contributed by atoms with Crippen LogP contribution in [0.2, 0.25) is 0 Å². The first-order valence-electron chi connectivity index (χ1n) is 6.48. The highest BCUT2D eigenvalue weighted by Gasteiger charge is 2.23. The van der Waals surface area contributed by atoms with E-state index in [1.807, 2.05) is 0 Å². The molecule has 3 heteroatoms. The second-order valence-electron chi connectivity index (χ2n) is 4.92. The maximum absolute atomic E-state index is 4.58. The first-order chi connectivity index (χ1) is 7.95. The lowest BCUT2D eigenvalue weighted by molar-refractivity contribution is 0.447. The van der Waals surface area contributed by atoms with E-state index in [9.17, 15) is 0 Å². The van der Waals surface area contributed by atoms with Crippen molar-refractivity contribution in [1.29, 1.82) is 0 Å². The van der Waals surface area contributed by atoms with Gasteiger partial charge in [0.2, 0.25) is 0 Å². The molecule has 1 aliphatic carbocycles. The summed E-state index contributed by atoms with van der Waals surface area (Å²) < 4.78 is 0. The van der Waals surface area contributed by atoms with Crippen LogP contribution in [0.3, 0.4) is 0 Å². The van der Waals surface area contributed by atoms with Gasteiger partial charge in [-0.1, -0.05) is 0 Å². The summed E-state index contributed by atoms with van der Waals surface area (Å²) in [6, 6.07) is 0. The van der Waals surface area contributed by atoms with Crippen LogP contribution in [0.25, 0.3) is 0 Å².